The summed E-state index contributed by atoms with van der Waals surface area (Å²) in [5.74, 6) is 1.57. The number of aromatic nitrogens is 5. The Morgan fingerprint density at radius 2 is 2.16 bits per heavy atom. The highest BCUT2D eigenvalue weighted by molar-refractivity contribution is 6.02. The maximum Gasteiger partial charge on any atom is 0.291 e. The molecule has 1 atom stereocenters. The van der Waals surface area contributed by atoms with Gasteiger partial charge in [-0.2, -0.15) is 0 Å². The Morgan fingerprint density at radius 1 is 1.34 bits per heavy atom. The van der Waals surface area contributed by atoms with Gasteiger partial charge >= 0.3 is 0 Å². The average Bonchev–Trinajstić information content (AvgIpc) is 3.41. The number of amides is 2. The van der Waals surface area contributed by atoms with Crippen LogP contribution in [0.2, 0.25) is 0 Å². The van der Waals surface area contributed by atoms with Crippen LogP contribution in [-0.2, 0) is 11.2 Å². The molecule has 3 heterocycles. The van der Waals surface area contributed by atoms with Gasteiger partial charge in [0.2, 0.25) is 17.6 Å². The van der Waals surface area contributed by atoms with Crippen LogP contribution in [0.15, 0.2) is 22.6 Å². The second-order valence-electron chi connectivity index (χ2n) is 8.08. The highest BCUT2D eigenvalue weighted by atomic mass is 16.5. The molecule has 0 aliphatic carbocycles. The van der Waals surface area contributed by atoms with Crippen LogP contribution in [0.4, 0.5) is 5.69 Å². The highest BCUT2D eigenvalue weighted by Crippen LogP contribution is 2.34. The third kappa shape index (κ3) is 4.46. The molecular formula is C21H25N7O4. The summed E-state index contributed by atoms with van der Waals surface area (Å²) >= 11 is 0. The number of carbonyl (C=O) groups is 2. The minimum absolute atomic E-state index is 0.00461. The summed E-state index contributed by atoms with van der Waals surface area (Å²) in [4.78, 5) is 31.3. The van der Waals surface area contributed by atoms with E-state index in [-0.39, 0.29) is 18.3 Å². The second kappa shape index (κ2) is 8.77. The second-order valence-corrected chi connectivity index (χ2v) is 8.08. The molecule has 3 aromatic rings. The van der Waals surface area contributed by atoms with Crippen LogP contribution in [-0.4, -0.2) is 56.9 Å². The molecule has 32 heavy (non-hydrogen) atoms. The first-order chi connectivity index (χ1) is 15.3. The van der Waals surface area contributed by atoms with Gasteiger partial charge in [-0.05, 0) is 30.5 Å². The van der Waals surface area contributed by atoms with Crippen molar-refractivity contribution < 1.29 is 18.7 Å². The van der Waals surface area contributed by atoms with Gasteiger partial charge in [0.15, 0.2) is 0 Å². The van der Waals surface area contributed by atoms with E-state index >= 15 is 0 Å². The van der Waals surface area contributed by atoms with E-state index in [4.69, 9.17) is 9.15 Å². The Morgan fingerprint density at radius 3 is 2.88 bits per heavy atom. The van der Waals surface area contributed by atoms with Crippen molar-refractivity contribution in [1.82, 2.24) is 30.7 Å². The lowest BCUT2D eigenvalue weighted by molar-refractivity contribution is -0.120. The smallest absolute Gasteiger partial charge is 0.291 e. The largest absolute Gasteiger partial charge is 0.489 e. The van der Waals surface area contributed by atoms with Crippen LogP contribution < -0.4 is 15.0 Å². The summed E-state index contributed by atoms with van der Waals surface area (Å²) in [6.07, 6.45) is 1.63. The maximum absolute atomic E-state index is 13.0. The molecule has 2 amide bonds. The van der Waals surface area contributed by atoms with Gasteiger partial charge in [-0.3, -0.25) is 14.7 Å². The fraction of sp³-hybridized carbons (Fsp3) is 0.429. The van der Waals surface area contributed by atoms with Crippen LogP contribution in [0, 0.1) is 12.8 Å². The van der Waals surface area contributed by atoms with Gasteiger partial charge in [0.05, 0.1) is 5.69 Å². The zero-order chi connectivity index (χ0) is 22.8. The molecule has 0 bridgehead atoms. The average molecular weight is 439 g/mol. The van der Waals surface area contributed by atoms with Crippen LogP contribution in [0.1, 0.15) is 42.6 Å². The lowest BCUT2D eigenvalue weighted by Crippen LogP contribution is -2.49. The Hall–Kier alpha value is -3.76. The zero-order valence-electron chi connectivity index (χ0n) is 18.4. The normalized spacial score (nSPS) is 16.0. The Balaban J connectivity index is 1.48. The number of hydrogen-bond acceptors (Lipinski definition) is 8. The molecule has 11 heteroatoms. The summed E-state index contributed by atoms with van der Waals surface area (Å²) in [5, 5.41) is 17.3. The standard InChI is InChI=1S/C21H25N7O4/c1-11(2)5-8-17-23-18(26-25-17)19(29)22-14-10-31-16-7-6-13(20-27-24-12(3)32-20)9-15(16)28(4)21(14)30/h6-7,9,11,14H,5,8,10H2,1-4H3,(H,22,29)(H,23,25,26)/t14-/m1/s1. The molecule has 2 N–H and O–H groups in total. The molecule has 2 aromatic heterocycles. The number of hydrogen-bond donors (Lipinski definition) is 2. The predicted octanol–water partition coefficient (Wildman–Crippen LogP) is 1.91. The zero-order valence-corrected chi connectivity index (χ0v) is 18.4. The topological polar surface area (TPSA) is 139 Å². The third-order valence-electron chi connectivity index (χ3n) is 5.13. The van der Waals surface area contributed by atoms with E-state index in [0.29, 0.717) is 46.9 Å². The number of benzene rings is 1. The number of H-pyrrole nitrogens is 1. The van der Waals surface area contributed by atoms with Crippen molar-refractivity contribution in [2.45, 2.75) is 39.7 Å². The number of anilines is 1. The summed E-state index contributed by atoms with van der Waals surface area (Å²) in [7, 11) is 1.62. The Kier molecular flexibility index (Phi) is 5.89. The van der Waals surface area contributed by atoms with Crippen molar-refractivity contribution in [3.8, 4) is 17.2 Å². The number of aromatic amines is 1. The van der Waals surface area contributed by atoms with Crippen LogP contribution in [0.5, 0.6) is 5.75 Å². The SMILES string of the molecule is Cc1nnc(-c2ccc3c(c2)N(C)C(=O)[C@H](NC(=O)c2n[nH]c(CCC(C)C)n2)CO3)o1. The van der Waals surface area contributed by atoms with E-state index in [9.17, 15) is 9.59 Å². The first-order valence-corrected chi connectivity index (χ1v) is 10.4. The van der Waals surface area contributed by atoms with Gasteiger partial charge in [-0.15, -0.1) is 15.3 Å². The van der Waals surface area contributed by atoms with E-state index in [2.05, 4.69) is 44.5 Å². The molecule has 1 aliphatic heterocycles. The number of likely N-dealkylation sites (N-methyl/N-ethyl adjacent to an activating group) is 1. The molecule has 0 spiro atoms. The molecule has 0 radical (unpaired) electrons. The Labute approximate surface area is 184 Å². The molecule has 0 saturated heterocycles. The first kappa shape index (κ1) is 21.5. The van der Waals surface area contributed by atoms with Gasteiger partial charge < -0.3 is 19.4 Å². The molecule has 11 nitrogen and oxygen atoms in total. The van der Waals surface area contributed by atoms with Gasteiger partial charge in [0.1, 0.15) is 24.2 Å². The van der Waals surface area contributed by atoms with Crippen LogP contribution in [0.25, 0.3) is 11.5 Å². The number of fused-ring (bicyclic) bond motifs is 1. The van der Waals surface area contributed by atoms with Gasteiger partial charge in [-0.25, -0.2) is 4.98 Å². The molecule has 1 aliphatic rings. The lowest BCUT2D eigenvalue weighted by atomic mass is 10.1. The lowest BCUT2D eigenvalue weighted by Gasteiger charge is -2.20. The highest BCUT2D eigenvalue weighted by Gasteiger charge is 2.32. The minimum atomic E-state index is -0.897. The van der Waals surface area contributed by atoms with Crippen molar-refractivity contribution in [2.24, 2.45) is 5.92 Å². The Bertz CT molecular complexity index is 1140. The van der Waals surface area contributed by atoms with E-state index in [1.54, 1.807) is 32.2 Å². The van der Waals surface area contributed by atoms with Crippen LogP contribution in [0.3, 0.4) is 0 Å². The molecule has 0 unspecified atom stereocenters. The molecule has 0 fully saturated rings. The molecule has 0 saturated carbocycles. The van der Waals surface area contributed by atoms with E-state index in [1.807, 2.05) is 0 Å². The van der Waals surface area contributed by atoms with Crippen molar-refractivity contribution >= 4 is 17.5 Å². The van der Waals surface area contributed by atoms with Gasteiger partial charge in [-0.1, -0.05) is 13.8 Å². The van der Waals surface area contributed by atoms with E-state index < -0.39 is 11.9 Å². The predicted molar refractivity (Wildman–Crippen MR) is 114 cm³/mol. The first-order valence-electron chi connectivity index (χ1n) is 10.4. The number of ether oxygens (including phenoxy) is 1. The summed E-state index contributed by atoms with van der Waals surface area (Å²) in [6, 6.07) is 4.34. The van der Waals surface area contributed by atoms with Gasteiger partial charge in [0, 0.05) is 26.0 Å². The monoisotopic (exact) mass is 439 g/mol. The van der Waals surface area contributed by atoms with Crippen LogP contribution >= 0.6 is 0 Å². The van der Waals surface area contributed by atoms with Crippen molar-refractivity contribution in [2.75, 3.05) is 18.6 Å². The maximum atomic E-state index is 13.0. The summed E-state index contributed by atoms with van der Waals surface area (Å²) in [6.45, 7) is 5.91. The molecular weight excluding hydrogens is 414 g/mol. The van der Waals surface area contributed by atoms with Crippen molar-refractivity contribution in [3.05, 3.63) is 35.7 Å². The number of aryl methyl sites for hydroxylation is 2. The number of rotatable bonds is 6. The van der Waals surface area contributed by atoms with Crippen molar-refractivity contribution in [3.63, 3.8) is 0 Å². The molecule has 168 valence electrons. The number of nitrogens with one attached hydrogen (secondary N) is 2. The summed E-state index contributed by atoms with van der Waals surface area (Å²) in [5.41, 5.74) is 1.19. The fourth-order valence-corrected chi connectivity index (χ4v) is 3.30. The van der Waals surface area contributed by atoms with E-state index in [1.165, 1.54) is 4.90 Å². The molecule has 1 aromatic carbocycles. The van der Waals surface area contributed by atoms with Gasteiger partial charge in [0.25, 0.3) is 11.8 Å². The fourth-order valence-electron chi connectivity index (χ4n) is 3.30. The number of nitrogens with zero attached hydrogens (tertiary/aromatic N) is 5. The van der Waals surface area contributed by atoms with Crippen molar-refractivity contribution in [1.29, 1.82) is 0 Å². The number of carbonyl (C=O) groups excluding carboxylic acids is 2. The molecule has 4 rings (SSSR count). The minimum Gasteiger partial charge on any atom is -0.489 e. The summed E-state index contributed by atoms with van der Waals surface area (Å²) < 4.78 is 11.3. The van der Waals surface area contributed by atoms with E-state index in [0.717, 1.165) is 6.42 Å². The quantitative estimate of drug-likeness (QED) is 0.594. The third-order valence-corrected chi connectivity index (χ3v) is 5.13.